The summed E-state index contributed by atoms with van der Waals surface area (Å²) >= 11 is 12.9. The second-order valence-electron chi connectivity index (χ2n) is 7.84. The Kier molecular flexibility index (Phi) is 6.34. The minimum atomic E-state index is -0.418. The van der Waals surface area contributed by atoms with Crippen LogP contribution in [0.1, 0.15) is 27.4 Å². The highest BCUT2D eigenvalue weighted by molar-refractivity contribution is 9.11. The summed E-state index contributed by atoms with van der Waals surface area (Å²) < 4.78 is 9.62. The van der Waals surface area contributed by atoms with Crippen LogP contribution in [0.2, 0.25) is 5.02 Å². The van der Waals surface area contributed by atoms with E-state index in [4.69, 9.17) is 16.0 Å². The Bertz CT molecular complexity index is 1570. The van der Waals surface area contributed by atoms with E-state index in [2.05, 4.69) is 59.1 Å². The minimum Gasteiger partial charge on any atom is -0.450 e. The fourth-order valence-corrected chi connectivity index (χ4v) is 5.46. The van der Waals surface area contributed by atoms with Crippen molar-refractivity contribution >= 4 is 77.5 Å². The standard InChI is InChI=1S/C26H18Br2ClN3O2/c1-15-21(13-30-31-26(33)24-11-17-10-18(27)12-22(28)25(17)34-24)20-4-2-3-5-23(20)32(15)14-16-6-8-19(29)9-7-16/h2-13H,14H2,1H3,(H,31,33)/b30-13-. The van der Waals surface area contributed by atoms with Crippen LogP contribution in [-0.2, 0) is 6.54 Å². The second kappa shape index (κ2) is 9.41. The number of amides is 1. The Morgan fingerprint density at radius 3 is 2.68 bits per heavy atom. The molecule has 0 atom stereocenters. The number of furan rings is 1. The van der Waals surface area contributed by atoms with Crippen molar-refractivity contribution in [3.63, 3.8) is 0 Å². The number of hydrogen-bond acceptors (Lipinski definition) is 3. The molecule has 0 fully saturated rings. The van der Waals surface area contributed by atoms with E-state index in [0.29, 0.717) is 17.2 Å². The summed E-state index contributed by atoms with van der Waals surface area (Å²) in [7, 11) is 0. The maximum absolute atomic E-state index is 12.7. The van der Waals surface area contributed by atoms with Gasteiger partial charge in [0.2, 0.25) is 0 Å². The van der Waals surface area contributed by atoms with Crippen molar-refractivity contribution in [2.45, 2.75) is 13.5 Å². The molecule has 5 rings (SSSR count). The molecule has 1 N–H and O–H groups in total. The highest BCUT2D eigenvalue weighted by Crippen LogP contribution is 2.31. The summed E-state index contributed by atoms with van der Waals surface area (Å²) in [5.41, 5.74) is 7.43. The van der Waals surface area contributed by atoms with E-state index in [1.807, 2.05) is 55.5 Å². The summed E-state index contributed by atoms with van der Waals surface area (Å²) in [6, 6.07) is 21.4. The number of aromatic nitrogens is 1. The average molecular weight is 600 g/mol. The van der Waals surface area contributed by atoms with E-state index >= 15 is 0 Å². The first-order valence-electron chi connectivity index (χ1n) is 10.4. The van der Waals surface area contributed by atoms with Crippen LogP contribution in [0.15, 0.2) is 85.2 Å². The molecule has 0 radical (unpaired) electrons. The SMILES string of the molecule is Cc1c(/C=N\NC(=O)c2cc3cc(Br)cc(Br)c3o2)c2ccccc2n1Cc1ccc(Cl)cc1. The van der Waals surface area contributed by atoms with E-state index in [1.54, 1.807) is 12.3 Å². The molecular formula is C26H18Br2ClN3O2. The van der Waals surface area contributed by atoms with Crippen LogP contribution < -0.4 is 5.43 Å². The quantitative estimate of drug-likeness (QED) is 0.166. The number of rotatable bonds is 5. The van der Waals surface area contributed by atoms with Crippen LogP contribution >= 0.6 is 43.5 Å². The van der Waals surface area contributed by atoms with Gasteiger partial charge in [-0.2, -0.15) is 5.10 Å². The molecule has 0 saturated carbocycles. The molecule has 8 heteroatoms. The Morgan fingerprint density at radius 2 is 1.88 bits per heavy atom. The van der Waals surface area contributed by atoms with E-state index < -0.39 is 5.91 Å². The first-order valence-corrected chi connectivity index (χ1v) is 12.4. The van der Waals surface area contributed by atoms with Gasteiger partial charge in [-0.3, -0.25) is 4.79 Å². The summed E-state index contributed by atoms with van der Waals surface area (Å²) in [6.45, 7) is 2.75. The number of hydrogen-bond donors (Lipinski definition) is 1. The first-order chi connectivity index (χ1) is 16.4. The molecular weight excluding hydrogens is 582 g/mol. The van der Waals surface area contributed by atoms with Crippen LogP contribution in [0.25, 0.3) is 21.9 Å². The Balaban J connectivity index is 1.42. The Hall–Kier alpha value is -2.87. The van der Waals surface area contributed by atoms with E-state index in [-0.39, 0.29) is 5.76 Å². The number of carbonyl (C=O) groups is 1. The van der Waals surface area contributed by atoms with Gasteiger partial charge in [-0.05, 0) is 64.8 Å². The molecule has 170 valence electrons. The molecule has 0 bridgehead atoms. The Labute approximate surface area is 217 Å². The van der Waals surface area contributed by atoms with Crippen molar-refractivity contribution in [1.82, 2.24) is 9.99 Å². The number of nitrogens with zero attached hydrogens (tertiary/aromatic N) is 2. The van der Waals surface area contributed by atoms with Crippen molar-refractivity contribution in [2.75, 3.05) is 0 Å². The van der Waals surface area contributed by atoms with Crippen LogP contribution in [0.5, 0.6) is 0 Å². The van der Waals surface area contributed by atoms with Crippen molar-refractivity contribution in [3.8, 4) is 0 Å². The number of halogens is 3. The third-order valence-electron chi connectivity index (χ3n) is 5.65. The molecule has 2 heterocycles. The number of carbonyl (C=O) groups excluding carboxylic acids is 1. The van der Waals surface area contributed by atoms with Gasteiger partial charge < -0.3 is 8.98 Å². The van der Waals surface area contributed by atoms with Crippen molar-refractivity contribution in [2.24, 2.45) is 5.10 Å². The Morgan fingerprint density at radius 1 is 1.12 bits per heavy atom. The van der Waals surface area contributed by atoms with Crippen LogP contribution in [0.3, 0.4) is 0 Å². The van der Waals surface area contributed by atoms with E-state index in [9.17, 15) is 4.79 Å². The lowest BCUT2D eigenvalue weighted by atomic mass is 10.1. The molecule has 0 saturated heterocycles. The molecule has 0 aliphatic carbocycles. The number of fused-ring (bicyclic) bond motifs is 2. The fraction of sp³-hybridized carbons (Fsp3) is 0.0769. The van der Waals surface area contributed by atoms with Crippen LogP contribution in [-0.4, -0.2) is 16.7 Å². The molecule has 0 aliphatic rings. The zero-order valence-corrected chi connectivity index (χ0v) is 21.9. The zero-order valence-electron chi connectivity index (χ0n) is 18.0. The monoisotopic (exact) mass is 597 g/mol. The van der Waals surface area contributed by atoms with Crippen molar-refractivity contribution < 1.29 is 9.21 Å². The van der Waals surface area contributed by atoms with Crippen molar-refractivity contribution in [3.05, 3.63) is 103 Å². The number of benzene rings is 3. The summed E-state index contributed by atoms with van der Waals surface area (Å²) in [6.07, 6.45) is 1.68. The summed E-state index contributed by atoms with van der Waals surface area (Å²) in [5, 5.41) is 6.82. The van der Waals surface area contributed by atoms with Gasteiger partial charge in [0.15, 0.2) is 5.76 Å². The van der Waals surface area contributed by atoms with Crippen molar-refractivity contribution in [1.29, 1.82) is 0 Å². The maximum atomic E-state index is 12.7. The number of nitrogens with one attached hydrogen (secondary N) is 1. The topological polar surface area (TPSA) is 59.5 Å². The second-order valence-corrected chi connectivity index (χ2v) is 10.1. The molecule has 0 aliphatic heterocycles. The molecule has 5 nitrogen and oxygen atoms in total. The largest absolute Gasteiger partial charge is 0.450 e. The molecule has 2 aromatic heterocycles. The van der Waals surface area contributed by atoms with Gasteiger partial charge in [-0.15, -0.1) is 0 Å². The predicted octanol–water partition coefficient (Wildman–Crippen LogP) is 7.69. The molecule has 1 amide bonds. The molecule has 5 aromatic rings. The van der Waals surface area contributed by atoms with Crippen LogP contribution in [0.4, 0.5) is 0 Å². The average Bonchev–Trinajstić information content (AvgIpc) is 3.36. The van der Waals surface area contributed by atoms with Gasteiger partial charge in [0.25, 0.3) is 0 Å². The highest BCUT2D eigenvalue weighted by atomic mass is 79.9. The highest BCUT2D eigenvalue weighted by Gasteiger charge is 2.15. The van der Waals surface area contributed by atoms with E-state index in [1.165, 1.54) is 0 Å². The lowest BCUT2D eigenvalue weighted by Crippen LogP contribution is -2.16. The van der Waals surface area contributed by atoms with Gasteiger partial charge in [0, 0.05) is 43.6 Å². The fourth-order valence-electron chi connectivity index (χ4n) is 4.00. The lowest BCUT2D eigenvalue weighted by Gasteiger charge is -2.09. The normalized spacial score (nSPS) is 11.6. The maximum Gasteiger partial charge on any atom is 0.307 e. The third-order valence-corrected chi connectivity index (χ3v) is 6.95. The van der Waals surface area contributed by atoms with Gasteiger partial charge in [0.1, 0.15) is 5.58 Å². The lowest BCUT2D eigenvalue weighted by molar-refractivity contribution is 0.0929. The molecule has 0 unspecified atom stereocenters. The third kappa shape index (κ3) is 4.43. The number of hydrazone groups is 1. The molecule has 3 aromatic carbocycles. The van der Waals surface area contributed by atoms with Crippen LogP contribution in [0, 0.1) is 6.92 Å². The summed E-state index contributed by atoms with van der Waals surface area (Å²) in [4.78, 5) is 12.7. The van der Waals surface area contributed by atoms with Gasteiger partial charge in [0.05, 0.1) is 10.7 Å². The molecule has 0 spiro atoms. The minimum absolute atomic E-state index is 0.188. The number of para-hydroxylation sites is 1. The van der Waals surface area contributed by atoms with Gasteiger partial charge in [-0.1, -0.05) is 57.9 Å². The summed E-state index contributed by atoms with van der Waals surface area (Å²) in [5.74, 6) is -0.231. The smallest absolute Gasteiger partial charge is 0.307 e. The van der Waals surface area contributed by atoms with Gasteiger partial charge in [-0.25, -0.2) is 5.43 Å². The predicted molar refractivity (Wildman–Crippen MR) is 144 cm³/mol. The molecule has 34 heavy (non-hydrogen) atoms. The van der Waals surface area contributed by atoms with Gasteiger partial charge >= 0.3 is 5.91 Å². The zero-order chi connectivity index (χ0) is 23.8. The van der Waals surface area contributed by atoms with E-state index in [0.717, 1.165) is 42.1 Å². The first kappa shape index (κ1) is 22.9.